The van der Waals surface area contributed by atoms with E-state index in [9.17, 15) is 36.2 Å². The number of nitrogens with one attached hydrogen (secondary N) is 2. The number of hydrogen-bond acceptors (Lipinski definition) is 6. The zero-order chi connectivity index (χ0) is 30.4. The number of H-pyrrole nitrogens is 1. The number of halogens is 7. The molecule has 0 spiro atoms. The number of benzene rings is 2. The molecule has 15 heteroatoms. The highest BCUT2D eigenvalue weighted by atomic mass is 35.5. The standard InChI is InChI=1S/C27H23ClF6N6O2/c1-14-12-39(23-19(28)8-15(13-41)11-35-23)6-7-40(14)25-37-21-10-18(27(32,33)34)9-20(22(21)38-25)36-24(42)16-2-4-17(5-3-16)26(29,30)31/h2-5,8-11,14,41H,6-7,12-13H2,1H3,(H,36,42)(H,37,38)/t14-/m1/s1. The molecule has 2 aromatic carbocycles. The Labute approximate surface area is 239 Å². The fourth-order valence-electron chi connectivity index (χ4n) is 4.76. The molecule has 222 valence electrons. The average molecular weight is 613 g/mol. The normalized spacial score (nSPS) is 16.3. The number of carbonyl (C=O) groups is 1. The van der Waals surface area contributed by atoms with Crippen LogP contribution in [-0.2, 0) is 19.0 Å². The highest BCUT2D eigenvalue weighted by Gasteiger charge is 2.34. The van der Waals surface area contributed by atoms with Gasteiger partial charge in [0.05, 0.1) is 34.0 Å². The first-order chi connectivity index (χ1) is 19.7. The number of alkyl halides is 6. The van der Waals surface area contributed by atoms with Gasteiger partial charge in [-0.1, -0.05) is 11.6 Å². The molecule has 3 N–H and O–H groups in total. The van der Waals surface area contributed by atoms with Crippen molar-refractivity contribution in [3.8, 4) is 0 Å². The summed E-state index contributed by atoms with van der Waals surface area (Å²) in [6.45, 7) is 3.00. The number of nitrogens with zero attached hydrogens (tertiary/aromatic N) is 4. The predicted octanol–water partition coefficient (Wildman–Crippen LogP) is 6.11. The van der Waals surface area contributed by atoms with Gasteiger partial charge in [0.15, 0.2) is 0 Å². The number of carbonyl (C=O) groups excluding carboxylic acids is 1. The lowest BCUT2D eigenvalue weighted by Crippen LogP contribution is -2.52. The minimum absolute atomic E-state index is 0.0153. The van der Waals surface area contributed by atoms with Crippen LogP contribution >= 0.6 is 11.6 Å². The number of imidazole rings is 1. The molecule has 4 aromatic rings. The van der Waals surface area contributed by atoms with Gasteiger partial charge in [0.25, 0.3) is 5.91 Å². The van der Waals surface area contributed by atoms with Gasteiger partial charge in [0.2, 0.25) is 5.95 Å². The van der Waals surface area contributed by atoms with Crippen molar-refractivity contribution in [1.82, 2.24) is 15.0 Å². The van der Waals surface area contributed by atoms with Crippen molar-refractivity contribution >= 4 is 46.0 Å². The minimum Gasteiger partial charge on any atom is -0.392 e. The van der Waals surface area contributed by atoms with Crippen molar-refractivity contribution in [2.45, 2.75) is 31.9 Å². The second-order valence-corrected chi connectivity index (χ2v) is 10.2. The maximum Gasteiger partial charge on any atom is 0.416 e. The van der Waals surface area contributed by atoms with Gasteiger partial charge in [-0.05, 0) is 55.0 Å². The molecular formula is C27H23ClF6N6O2. The molecule has 8 nitrogen and oxygen atoms in total. The predicted molar refractivity (Wildman–Crippen MR) is 145 cm³/mol. The molecule has 0 aliphatic carbocycles. The van der Waals surface area contributed by atoms with Crippen molar-refractivity contribution in [1.29, 1.82) is 0 Å². The Morgan fingerprint density at radius 2 is 1.76 bits per heavy atom. The zero-order valence-electron chi connectivity index (χ0n) is 21.8. The first-order valence-corrected chi connectivity index (χ1v) is 13.0. The van der Waals surface area contributed by atoms with Crippen LogP contribution in [-0.4, -0.2) is 51.6 Å². The van der Waals surface area contributed by atoms with E-state index in [4.69, 9.17) is 11.6 Å². The Bertz CT molecular complexity index is 1620. The van der Waals surface area contributed by atoms with Crippen LogP contribution in [0.5, 0.6) is 0 Å². The number of aliphatic hydroxyl groups is 1. The van der Waals surface area contributed by atoms with E-state index in [0.717, 1.165) is 24.3 Å². The number of aliphatic hydroxyl groups excluding tert-OH is 1. The summed E-state index contributed by atoms with van der Waals surface area (Å²) in [6, 6.07) is 6.37. The van der Waals surface area contributed by atoms with Gasteiger partial charge in [-0.25, -0.2) is 9.97 Å². The maximum atomic E-state index is 13.7. The van der Waals surface area contributed by atoms with E-state index < -0.39 is 29.4 Å². The van der Waals surface area contributed by atoms with Crippen molar-refractivity contribution in [3.05, 3.63) is 75.9 Å². The lowest BCUT2D eigenvalue weighted by molar-refractivity contribution is -0.138. The van der Waals surface area contributed by atoms with Crippen molar-refractivity contribution in [2.24, 2.45) is 0 Å². The van der Waals surface area contributed by atoms with Gasteiger partial charge in [0, 0.05) is 37.4 Å². The minimum atomic E-state index is -4.75. The summed E-state index contributed by atoms with van der Waals surface area (Å²) in [5, 5.41) is 12.0. The second-order valence-electron chi connectivity index (χ2n) is 9.80. The van der Waals surface area contributed by atoms with Crippen molar-refractivity contribution in [2.75, 3.05) is 34.8 Å². The Balaban J connectivity index is 1.42. The van der Waals surface area contributed by atoms with Crippen LogP contribution in [0.2, 0.25) is 5.02 Å². The SMILES string of the molecule is C[C@@H]1CN(c2ncc(CO)cc2Cl)CCN1c1nc2c(NC(=O)c3ccc(C(F)(F)F)cc3)cc(C(F)(F)F)cc2[nH]1. The third-order valence-corrected chi connectivity index (χ3v) is 7.16. The summed E-state index contributed by atoms with van der Waals surface area (Å²) in [4.78, 5) is 28.4. The molecular weight excluding hydrogens is 590 g/mol. The van der Waals surface area contributed by atoms with E-state index in [2.05, 4.69) is 20.3 Å². The van der Waals surface area contributed by atoms with Gasteiger partial charge in [-0.15, -0.1) is 0 Å². The van der Waals surface area contributed by atoms with E-state index in [1.54, 1.807) is 6.07 Å². The van der Waals surface area contributed by atoms with E-state index in [0.29, 0.717) is 48.2 Å². The summed E-state index contributed by atoms with van der Waals surface area (Å²) >= 11 is 6.35. The van der Waals surface area contributed by atoms with E-state index in [-0.39, 0.29) is 40.9 Å². The van der Waals surface area contributed by atoms with Crippen LogP contribution in [0.4, 0.5) is 43.8 Å². The fraction of sp³-hybridized carbons (Fsp3) is 0.296. The van der Waals surface area contributed by atoms with Gasteiger partial charge in [0.1, 0.15) is 11.3 Å². The Hall–Kier alpha value is -4.04. The quantitative estimate of drug-likeness (QED) is 0.235. The highest BCUT2D eigenvalue weighted by Crippen LogP contribution is 2.37. The van der Waals surface area contributed by atoms with E-state index >= 15 is 0 Å². The smallest absolute Gasteiger partial charge is 0.392 e. The summed E-state index contributed by atoms with van der Waals surface area (Å²) in [5.74, 6) is -0.0864. The molecule has 0 saturated carbocycles. The third kappa shape index (κ3) is 5.95. The molecule has 5 rings (SSSR count). The van der Waals surface area contributed by atoms with Crippen LogP contribution in [0.15, 0.2) is 48.7 Å². The van der Waals surface area contributed by atoms with Crippen molar-refractivity contribution in [3.63, 3.8) is 0 Å². The number of aromatic amines is 1. The largest absolute Gasteiger partial charge is 0.416 e. The number of aromatic nitrogens is 3. The van der Waals surface area contributed by atoms with Crippen LogP contribution in [0, 0.1) is 0 Å². The Kier molecular flexibility index (Phi) is 7.70. The summed E-state index contributed by atoms with van der Waals surface area (Å²) in [7, 11) is 0. The molecule has 1 aliphatic heterocycles. The lowest BCUT2D eigenvalue weighted by atomic mass is 10.1. The fourth-order valence-corrected chi connectivity index (χ4v) is 5.07. The molecule has 1 saturated heterocycles. The van der Waals surface area contributed by atoms with Gasteiger partial charge in [-0.3, -0.25) is 4.79 Å². The monoisotopic (exact) mass is 612 g/mol. The number of piperazine rings is 1. The Morgan fingerprint density at radius 1 is 1.07 bits per heavy atom. The first-order valence-electron chi connectivity index (χ1n) is 12.6. The zero-order valence-corrected chi connectivity index (χ0v) is 22.6. The summed E-state index contributed by atoms with van der Waals surface area (Å²) in [5.41, 5.74) is -1.80. The van der Waals surface area contributed by atoms with Crippen LogP contribution in [0.1, 0.15) is 34.0 Å². The van der Waals surface area contributed by atoms with Gasteiger partial charge in [-0.2, -0.15) is 26.3 Å². The highest BCUT2D eigenvalue weighted by molar-refractivity contribution is 6.33. The molecule has 0 unspecified atom stereocenters. The number of anilines is 3. The second kappa shape index (κ2) is 11.0. The molecule has 1 aliphatic rings. The number of fused-ring (bicyclic) bond motifs is 1. The van der Waals surface area contributed by atoms with Crippen LogP contribution in [0.25, 0.3) is 11.0 Å². The number of hydrogen-bond donors (Lipinski definition) is 3. The van der Waals surface area contributed by atoms with Gasteiger partial charge >= 0.3 is 12.4 Å². The summed E-state index contributed by atoms with van der Waals surface area (Å²) in [6.07, 6.45) is -7.83. The number of pyridine rings is 1. The topological polar surface area (TPSA) is 97.4 Å². The molecule has 1 atom stereocenters. The van der Waals surface area contributed by atoms with Crippen LogP contribution in [0.3, 0.4) is 0 Å². The molecule has 0 radical (unpaired) electrons. The molecule has 42 heavy (non-hydrogen) atoms. The number of amides is 1. The van der Waals surface area contributed by atoms with E-state index in [1.165, 1.54) is 6.20 Å². The average Bonchev–Trinajstić information content (AvgIpc) is 3.36. The molecule has 3 heterocycles. The first kappa shape index (κ1) is 29.5. The van der Waals surface area contributed by atoms with Crippen LogP contribution < -0.4 is 15.1 Å². The van der Waals surface area contributed by atoms with Gasteiger partial charge < -0.3 is 25.2 Å². The molecule has 0 bridgehead atoms. The summed E-state index contributed by atoms with van der Waals surface area (Å²) < 4.78 is 79.8. The van der Waals surface area contributed by atoms with E-state index in [1.807, 2.05) is 16.7 Å². The number of rotatable bonds is 5. The lowest BCUT2D eigenvalue weighted by Gasteiger charge is -2.40. The maximum absolute atomic E-state index is 13.7. The molecule has 1 amide bonds. The third-order valence-electron chi connectivity index (χ3n) is 6.88. The molecule has 2 aromatic heterocycles. The molecule has 1 fully saturated rings. The Morgan fingerprint density at radius 3 is 2.36 bits per heavy atom. The van der Waals surface area contributed by atoms with Crippen molar-refractivity contribution < 1.29 is 36.2 Å².